The lowest BCUT2D eigenvalue weighted by molar-refractivity contribution is -0.0105. The molecule has 3 heterocycles. The standard InChI is InChI=1S/C22H29N5O/c1-15-12-25-27-20(24-14-16-7-6-10-23-13-16)11-19(26-21(15)27)17-8-4-5-9-18(17)22(2,3)28/h6-7,10-13,17-18,24,28H,4-5,8-9,14H2,1-3H3/t17-,18+/m1/s1. The van der Waals surface area contributed by atoms with E-state index in [1.165, 1.54) is 12.8 Å². The van der Waals surface area contributed by atoms with Gasteiger partial charge in [0.05, 0.1) is 17.5 Å². The van der Waals surface area contributed by atoms with Crippen LogP contribution in [-0.2, 0) is 6.54 Å². The van der Waals surface area contributed by atoms with Gasteiger partial charge in [0.25, 0.3) is 0 Å². The summed E-state index contributed by atoms with van der Waals surface area (Å²) in [6.45, 7) is 6.57. The van der Waals surface area contributed by atoms with E-state index in [1.807, 2.05) is 43.7 Å². The van der Waals surface area contributed by atoms with Crippen LogP contribution < -0.4 is 5.32 Å². The van der Waals surface area contributed by atoms with Gasteiger partial charge in [0, 0.05) is 36.5 Å². The summed E-state index contributed by atoms with van der Waals surface area (Å²) >= 11 is 0. The van der Waals surface area contributed by atoms with Gasteiger partial charge in [-0.25, -0.2) is 4.98 Å². The summed E-state index contributed by atoms with van der Waals surface area (Å²) in [6.07, 6.45) is 9.96. The first kappa shape index (κ1) is 18.9. The number of aryl methyl sites for hydroxylation is 1. The molecule has 1 fully saturated rings. The van der Waals surface area contributed by atoms with Crippen molar-refractivity contribution in [1.82, 2.24) is 19.6 Å². The van der Waals surface area contributed by atoms with Gasteiger partial charge >= 0.3 is 0 Å². The van der Waals surface area contributed by atoms with E-state index >= 15 is 0 Å². The molecule has 148 valence electrons. The molecule has 3 aromatic rings. The molecular formula is C22H29N5O. The Hall–Kier alpha value is -2.47. The van der Waals surface area contributed by atoms with E-state index < -0.39 is 5.60 Å². The van der Waals surface area contributed by atoms with Gasteiger partial charge in [0.2, 0.25) is 0 Å². The molecule has 0 aromatic carbocycles. The van der Waals surface area contributed by atoms with Gasteiger partial charge < -0.3 is 10.4 Å². The summed E-state index contributed by atoms with van der Waals surface area (Å²) in [6, 6.07) is 6.11. The molecule has 2 atom stereocenters. The van der Waals surface area contributed by atoms with E-state index in [0.29, 0.717) is 6.54 Å². The molecule has 0 unspecified atom stereocenters. The van der Waals surface area contributed by atoms with Crippen molar-refractivity contribution >= 4 is 11.5 Å². The maximum Gasteiger partial charge on any atom is 0.160 e. The molecule has 1 aliphatic carbocycles. The Bertz CT molecular complexity index is 945. The first-order chi connectivity index (χ1) is 13.4. The van der Waals surface area contributed by atoms with Crippen LogP contribution in [0.4, 0.5) is 5.82 Å². The number of nitrogens with one attached hydrogen (secondary N) is 1. The van der Waals surface area contributed by atoms with Gasteiger partial charge in [0.15, 0.2) is 5.65 Å². The average Bonchev–Trinajstić information content (AvgIpc) is 3.07. The van der Waals surface area contributed by atoms with Crippen molar-refractivity contribution in [2.75, 3.05) is 5.32 Å². The molecule has 6 nitrogen and oxygen atoms in total. The second-order valence-corrected chi connectivity index (χ2v) is 8.50. The molecule has 0 radical (unpaired) electrons. The normalized spacial score (nSPS) is 20.4. The molecule has 1 saturated carbocycles. The van der Waals surface area contributed by atoms with E-state index in [9.17, 15) is 5.11 Å². The second kappa shape index (κ2) is 7.51. The fourth-order valence-corrected chi connectivity index (χ4v) is 4.43. The highest BCUT2D eigenvalue weighted by atomic mass is 16.3. The third-order valence-corrected chi connectivity index (χ3v) is 5.92. The highest BCUT2D eigenvalue weighted by Gasteiger charge is 2.37. The molecular weight excluding hydrogens is 350 g/mol. The number of anilines is 1. The van der Waals surface area contributed by atoms with E-state index in [1.54, 1.807) is 6.20 Å². The maximum absolute atomic E-state index is 10.8. The predicted octanol–water partition coefficient (Wildman–Crippen LogP) is 4.09. The van der Waals surface area contributed by atoms with Gasteiger partial charge in [0.1, 0.15) is 5.82 Å². The number of rotatable bonds is 5. The lowest BCUT2D eigenvalue weighted by Gasteiger charge is -2.39. The molecule has 0 amide bonds. The minimum atomic E-state index is -0.711. The summed E-state index contributed by atoms with van der Waals surface area (Å²) in [4.78, 5) is 9.16. The van der Waals surface area contributed by atoms with Gasteiger partial charge in [-0.2, -0.15) is 9.61 Å². The van der Waals surface area contributed by atoms with Crippen LogP contribution in [-0.4, -0.2) is 30.3 Å². The Balaban J connectivity index is 1.71. The molecule has 28 heavy (non-hydrogen) atoms. The highest BCUT2D eigenvalue weighted by Crippen LogP contribution is 2.43. The molecule has 3 aromatic heterocycles. The van der Waals surface area contributed by atoms with Crippen LogP contribution in [0.15, 0.2) is 36.8 Å². The highest BCUT2D eigenvalue weighted by molar-refractivity contribution is 5.54. The van der Waals surface area contributed by atoms with Gasteiger partial charge in [-0.1, -0.05) is 18.9 Å². The monoisotopic (exact) mass is 379 g/mol. The average molecular weight is 380 g/mol. The number of aromatic nitrogens is 4. The van der Waals surface area contributed by atoms with Gasteiger partial charge in [-0.3, -0.25) is 4.98 Å². The maximum atomic E-state index is 10.8. The van der Waals surface area contributed by atoms with Gasteiger partial charge in [-0.05, 0) is 51.2 Å². The Kier molecular flexibility index (Phi) is 5.06. The zero-order chi connectivity index (χ0) is 19.7. The third-order valence-electron chi connectivity index (χ3n) is 5.92. The number of aliphatic hydroxyl groups is 1. The minimum absolute atomic E-state index is 0.214. The zero-order valence-electron chi connectivity index (χ0n) is 16.9. The van der Waals surface area contributed by atoms with Crippen LogP contribution in [0.1, 0.15) is 62.3 Å². The summed E-state index contributed by atoms with van der Waals surface area (Å²) < 4.78 is 1.87. The van der Waals surface area contributed by atoms with E-state index in [2.05, 4.69) is 27.5 Å². The quantitative estimate of drug-likeness (QED) is 0.698. The number of pyridine rings is 1. The minimum Gasteiger partial charge on any atom is -0.390 e. The molecule has 0 spiro atoms. The van der Waals surface area contributed by atoms with Crippen molar-refractivity contribution in [3.8, 4) is 0 Å². The van der Waals surface area contributed by atoms with Crippen molar-refractivity contribution in [1.29, 1.82) is 0 Å². The Morgan fingerprint density at radius 2 is 2.07 bits per heavy atom. The SMILES string of the molecule is Cc1cnn2c(NCc3cccnc3)cc([C@@H]3CCCC[C@@H]3C(C)(C)O)nc12. The molecule has 1 aliphatic rings. The molecule has 0 bridgehead atoms. The molecule has 2 N–H and O–H groups in total. The lowest BCUT2D eigenvalue weighted by atomic mass is 9.70. The summed E-state index contributed by atoms with van der Waals surface area (Å²) in [5, 5.41) is 18.8. The Labute approximate surface area is 166 Å². The van der Waals surface area contributed by atoms with Crippen LogP contribution in [0, 0.1) is 12.8 Å². The molecule has 4 rings (SSSR count). The van der Waals surface area contributed by atoms with Crippen molar-refractivity contribution in [2.45, 2.75) is 64.5 Å². The molecule has 0 aliphatic heterocycles. The number of hydrogen-bond acceptors (Lipinski definition) is 5. The summed E-state index contributed by atoms with van der Waals surface area (Å²) in [5.41, 5.74) is 3.40. The lowest BCUT2D eigenvalue weighted by Crippen LogP contribution is -2.37. The smallest absolute Gasteiger partial charge is 0.160 e. The van der Waals surface area contributed by atoms with E-state index in [4.69, 9.17) is 4.98 Å². The fraction of sp³-hybridized carbons (Fsp3) is 0.500. The first-order valence-corrected chi connectivity index (χ1v) is 10.1. The largest absolute Gasteiger partial charge is 0.390 e. The summed E-state index contributed by atoms with van der Waals surface area (Å²) in [7, 11) is 0. The van der Waals surface area contributed by atoms with E-state index in [-0.39, 0.29) is 11.8 Å². The van der Waals surface area contributed by atoms with Crippen LogP contribution in [0.25, 0.3) is 5.65 Å². The number of hydrogen-bond donors (Lipinski definition) is 2. The predicted molar refractivity (Wildman–Crippen MR) is 110 cm³/mol. The van der Waals surface area contributed by atoms with Crippen molar-refractivity contribution in [3.05, 3.63) is 53.6 Å². The molecule has 0 saturated heterocycles. The molecule has 6 heteroatoms. The van der Waals surface area contributed by atoms with E-state index in [0.717, 1.165) is 41.1 Å². The van der Waals surface area contributed by atoms with Crippen LogP contribution in [0.3, 0.4) is 0 Å². The Morgan fingerprint density at radius 1 is 1.25 bits per heavy atom. The van der Waals surface area contributed by atoms with Crippen molar-refractivity contribution in [3.63, 3.8) is 0 Å². The topological polar surface area (TPSA) is 75.3 Å². The third kappa shape index (κ3) is 3.74. The van der Waals surface area contributed by atoms with Crippen molar-refractivity contribution in [2.24, 2.45) is 5.92 Å². The van der Waals surface area contributed by atoms with Crippen molar-refractivity contribution < 1.29 is 5.11 Å². The Morgan fingerprint density at radius 3 is 2.82 bits per heavy atom. The first-order valence-electron chi connectivity index (χ1n) is 10.1. The zero-order valence-corrected chi connectivity index (χ0v) is 16.9. The van der Waals surface area contributed by atoms with Crippen LogP contribution in [0.5, 0.6) is 0 Å². The number of nitrogens with zero attached hydrogens (tertiary/aromatic N) is 4. The number of fused-ring (bicyclic) bond motifs is 1. The van der Waals surface area contributed by atoms with Crippen LogP contribution >= 0.6 is 0 Å². The second-order valence-electron chi connectivity index (χ2n) is 8.50. The fourth-order valence-electron chi connectivity index (χ4n) is 4.43. The summed E-state index contributed by atoms with van der Waals surface area (Å²) in [5.74, 6) is 1.40. The van der Waals surface area contributed by atoms with Gasteiger partial charge in [-0.15, -0.1) is 0 Å². The van der Waals surface area contributed by atoms with Crippen LogP contribution in [0.2, 0.25) is 0 Å².